The highest BCUT2D eigenvalue weighted by Gasteiger charge is 2.23. The molecule has 4 rings (SSSR count). The van der Waals surface area contributed by atoms with E-state index in [4.69, 9.17) is 32.9 Å². The van der Waals surface area contributed by atoms with Crippen LogP contribution in [0.1, 0.15) is 22.9 Å². The molecule has 136 valence electrons. The Labute approximate surface area is 167 Å². The van der Waals surface area contributed by atoms with Gasteiger partial charge in [-0.1, -0.05) is 53.5 Å². The van der Waals surface area contributed by atoms with Crippen molar-refractivity contribution >= 4 is 34.6 Å². The Morgan fingerprint density at radius 1 is 1.04 bits per heavy atom. The first-order chi connectivity index (χ1) is 13.2. The van der Waals surface area contributed by atoms with Crippen LogP contribution in [0.2, 0.25) is 10.0 Å². The van der Waals surface area contributed by atoms with Gasteiger partial charge in [-0.25, -0.2) is 0 Å². The molecule has 3 aromatic rings. The van der Waals surface area contributed by atoms with Gasteiger partial charge in [0.2, 0.25) is 0 Å². The van der Waals surface area contributed by atoms with Crippen LogP contribution in [0.4, 0.5) is 5.69 Å². The molecule has 1 aliphatic rings. The smallest absolute Gasteiger partial charge is 0.145 e. The Morgan fingerprint density at radius 2 is 1.78 bits per heavy atom. The minimum absolute atomic E-state index is 0.194. The number of fused-ring (bicyclic) bond motifs is 1. The van der Waals surface area contributed by atoms with Gasteiger partial charge in [-0.3, -0.25) is 9.98 Å². The van der Waals surface area contributed by atoms with E-state index >= 15 is 0 Å². The molecule has 1 unspecified atom stereocenters. The minimum atomic E-state index is -0.194. The molecule has 0 fully saturated rings. The number of rotatable bonds is 4. The van der Waals surface area contributed by atoms with Crippen LogP contribution in [0, 0.1) is 0 Å². The predicted molar refractivity (Wildman–Crippen MR) is 110 cm³/mol. The van der Waals surface area contributed by atoms with E-state index in [1.807, 2.05) is 36.4 Å². The van der Waals surface area contributed by atoms with E-state index in [2.05, 4.69) is 22.4 Å². The number of hydrogen-bond donors (Lipinski definition) is 1. The van der Waals surface area contributed by atoms with E-state index in [-0.39, 0.29) is 6.17 Å². The number of methoxy groups -OCH3 is 1. The molecule has 2 aromatic carbocycles. The summed E-state index contributed by atoms with van der Waals surface area (Å²) in [4.78, 5) is 8.99. The third-order valence-electron chi connectivity index (χ3n) is 4.53. The summed E-state index contributed by atoms with van der Waals surface area (Å²) >= 11 is 12.7. The number of pyridine rings is 1. The molecule has 2 heterocycles. The number of aromatic nitrogens is 1. The number of ether oxygens (including phenoxy) is 1. The van der Waals surface area contributed by atoms with E-state index in [0.29, 0.717) is 16.5 Å². The number of hydrogen-bond acceptors (Lipinski definition) is 4. The van der Waals surface area contributed by atoms with Gasteiger partial charge in [0.25, 0.3) is 0 Å². The Bertz CT molecular complexity index is 985. The molecule has 1 aliphatic heterocycles. The summed E-state index contributed by atoms with van der Waals surface area (Å²) in [5.41, 5.74) is 4.79. The van der Waals surface area contributed by atoms with Gasteiger partial charge >= 0.3 is 0 Å². The molecule has 27 heavy (non-hydrogen) atoms. The van der Waals surface area contributed by atoms with Gasteiger partial charge in [0.15, 0.2) is 0 Å². The number of halogens is 2. The fourth-order valence-corrected chi connectivity index (χ4v) is 3.63. The standard InChI is InChI=1S/C21H17Cl2N3O/c1-27-14-7-8-15-19(9-14)25-21(13-5-3-2-4-6-13)26-20(15)10-16-17(22)11-24-12-18(16)23/h2-9,11-12,21,25H,10H2,1H3. The van der Waals surface area contributed by atoms with Crippen LogP contribution in [0.25, 0.3) is 0 Å². The van der Waals surface area contributed by atoms with E-state index in [9.17, 15) is 0 Å². The second kappa shape index (κ2) is 7.59. The van der Waals surface area contributed by atoms with Crippen LogP contribution in [-0.4, -0.2) is 17.8 Å². The molecule has 6 heteroatoms. The topological polar surface area (TPSA) is 46.5 Å². The lowest BCUT2D eigenvalue weighted by Crippen LogP contribution is -2.21. The van der Waals surface area contributed by atoms with Crippen molar-refractivity contribution in [1.82, 2.24) is 4.98 Å². The fourth-order valence-electron chi connectivity index (χ4n) is 3.13. The molecule has 1 aromatic heterocycles. The first-order valence-corrected chi connectivity index (χ1v) is 9.25. The fraction of sp³-hybridized carbons (Fsp3) is 0.143. The SMILES string of the molecule is COc1ccc2c(c1)NC(c1ccccc1)N=C2Cc1c(Cl)cncc1Cl. The Morgan fingerprint density at radius 3 is 2.48 bits per heavy atom. The van der Waals surface area contributed by atoms with Gasteiger partial charge in [0, 0.05) is 36.1 Å². The quantitative estimate of drug-likeness (QED) is 0.627. The average molecular weight is 398 g/mol. The highest BCUT2D eigenvalue weighted by molar-refractivity contribution is 6.36. The van der Waals surface area contributed by atoms with Crippen LogP contribution in [0.15, 0.2) is 65.9 Å². The summed E-state index contributed by atoms with van der Waals surface area (Å²) in [7, 11) is 1.66. The van der Waals surface area contributed by atoms with E-state index < -0.39 is 0 Å². The lowest BCUT2D eigenvalue weighted by molar-refractivity contribution is 0.415. The molecule has 0 saturated heterocycles. The molecule has 0 spiro atoms. The summed E-state index contributed by atoms with van der Waals surface area (Å²) in [6, 6.07) is 16.0. The molecule has 4 nitrogen and oxygen atoms in total. The number of anilines is 1. The summed E-state index contributed by atoms with van der Waals surface area (Å²) in [5.74, 6) is 0.786. The van der Waals surface area contributed by atoms with Crippen molar-refractivity contribution in [3.63, 3.8) is 0 Å². The zero-order valence-corrected chi connectivity index (χ0v) is 16.1. The monoisotopic (exact) mass is 397 g/mol. The number of nitrogens with one attached hydrogen (secondary N) is 1. The van der Waals surface area contributed by atoms with Crippen LogP contribution in [0.5, 0.6) is 5.75 Å². The maximum absolute atomic E-state index is 6.34. The molecular weight excluding hydrogens is 381 g/mol. The summed E-state index contributed by atoms with van der Waals surface area (Å²) in [6.45, 7) is 0. The lowest BCUT2D eigenvalue weighted by Gasteiger charge is -2.27. The highest BCUT2D eigenvalue weighted by atomic mass is 35.5. The van der Waals surface area contributed by atoms with Gasteiger partial charge in [0.05, 0.1) is 22.9 Å². The van der Waals surface area contributed by atoms with Crippen molar-refractivity contribution in [2.45, 2.75) is 12.6 Å². The lowest BCUT2D eigenvalue weighted by atomic mass is 9.98. The zero-order chi connectivity index (χ0) is 18.8. The third-order valence-corrected chi connectivity index (χ3v) is 5.18. The predicted octanol–water partition coefficient (Wildman–Crippen LogP) is 5.55. The van der Waals surface area contributed by atoms with Crippen LogP contribution < -0.4 is 10.1 Å². The molecule has 1 N–H and O–H groups in total. The molecule has 0 amide bonds. The minimum Gasteiger partial charge on any atom is -0.497 e. The Hall–Kier alpha value is -2.56. The van der Waals surface area contributed by atoms with Crippen molar-refractivity contribution in [3.8, 4) is 5.75 Å². The zero-order valence-electron chi connectivity index (χ0n) is 14.6. The maximum Gasteiger partial charge on any atom is 0.145 e. The first-order valence-electron chi connectivity index (χ1n) is 8.50. The largest absolute Gasteiger partial charge is 0.497 e. The van der Waals surface area contributed by atoms with Gasteiger partial charge in [-0.15, -0.1) is 0 Å². The van der Waals surface area contributed by atoms with Crippen LogP contribution >= 0.6 is 23.2 Å². The van der Waals surface area contributed by atoms with Gasteiger partial charge < -0.3 is 10.1 Å². The number of aliphatic imine (C=N–C) groups is 1. The summed E-state index contributed by atoms with van der Waals surface area (Å²) in [6.07, 6.45) is 3.53. The van der Waals surface area contributed by atoms with Crippen molar-refractivity contribution < 1.29 is 4.74 Å². The Kier molecular flexibility index (Phi) is 5.01. The first kappa shape index (κ1) is 17.8. The van der Waals surface area contributed by atoms with Gasteiger partial charge in [0.1, 0.15) is 11.9 Å². The second-order valence-electron chi connectivity index (χ2n) is 6.20. The van der Waals surface area contributed by atoms with Crippen molar-refractivity contribution in [1.29, 1.82) is 0 Å². The normalized spacial score (nSPS) is 15.5. The van der Waals surface area contributed by atoms with E-state index in [1.54, 1.807) is 19.5 Å². The number of benzene rings is 2. The van der Waals surface area contributed by atoms with Gasteiger partial charge in [-0.05, 0) is 23.3 Å². The van der Waals surface area contributed by atoms with Crippen molar-refractivity contribution in [2.75, 3.05) is 12.4 Å². The summed E-state index contributed by atoms with van der Waals surface area (Å²) < 4.78 is 5.38. The van der Waals surface area contributed by atoms with Crippen molar-refractivity contribution in [3.05, 3.63) is 87.7 Å². The van der Waals surface area contributed by atoms with Gasteiger partial charge in [-0.2, -0.15) is 0 Å². The molecule has 0 bridgehead atoms. The van der Waals surface area contributed by atoms with Crippen molar-refractivity contribution in [2.24, 2.45) is 4.99 Å². The maximum atomic E-state index is 6.34. The van der Waals surface area contributed by atoms with E-state index in [0.717, 1.165) is 33.8 Å². The summed E-state index contributed by atoms with van der Waals surface area (Å²) in [5, 5.41) is 4.56. The second-order valence-corrected chi connectivity index (χ2v) is 7.02. The van der Waals surface area contributed by atoms with Crippen LogP contribution in [-0.2, 0) is 6.42 Å². The molecular formula is C21H17Cl2N3O. The number of nitrogens with zero attached hydrogens (tertiary/aromatic N) is 2. The average Bonchev–Trinajstić information content (AvgIpc) is 2.70. The van der Waals surface area contributed by atoms with Crippen LogP contribution in [0.3, 0.4) is 0 Å². The molecule has 1 atom stereocenters. The molecule has 0 aliphatic carbocycles. The van der Waals surface area contributed by atoms with E-state index in [1.165, 1.54) is 0 Å². The molecule has 0 radical (unpaired) electrons. The third kappa shape index (κ3) is 3.64. The highest BCUT2D eigenvalue weighted by Crippen LogP contribution is 2.35. The molecule has 0 saturated carbocycles. The Balaban J connectivity index is 1.80.